The number of nitrogens with zero attached hydrogens (tertiary/aromatic N) is 1. The van der Waals surface area contributed by atoms with Crippen molar-refractivity contribution >= 4 is 46.4 Å². The molecule has 0 saturated carbocycles. The molecule has 0 aliphatic heterocycles. The van der Waals surface area contributed by atoms with Crippen molar-refractivity contribution in [2.45, 2.75) is 0 Å². The predicted octanol–water partition coefficient (Wildman–Crippen LogP) is 4.59. The summed E-state index contributed by atoms with van der Waals surface area (Å²) in [6, 6.07) is 26.0. The predicted molar refractivity (Wildman–Crippen MR) is 135 cm³/mol. The van der Waals surface area contributed by atoms with Crippen molar-refractivity contribution < 1.29 is 19.1 Å². The molecule has 8 heteroatoms. The summed E-state index contributed by atoms with van der Waals surface area (Å²) in [5, 5.41) is 8.74. The molecule has 2 amide bonds. The molecule has 2 N–H and O–H groups in total. The Bertz CT molecular complexity index is 1400. The number of rotatable bonds is 7. The molecule has 35 heavy (non-hydrogen) atoms. The van der Waals surface area contributed by atoms with Gasteiger partial charge in [0.2, 0.25) is 0 Å². The van der Waals surface area contributed by atoms with E-state index in [9.17, 15) is 14.4 Å². The first kappa shape index (κ1) is 23.7. The van der Waals surface area contributed by atoms with Crippen LogP contribution in [0.25, 0.3) is 10.8 Å². The maximum atomic E-state index is 12.6. The summed E-state index contributed by atoms with van der Waals surface area (Å²) in [4.78, 5) is 36.9. The van der Waals surface area contributed by atoms with Gasteiger partial charge in [0.05, 0.1) is 18.3 Å². The van der Waals surface area contributed by atoms with Gasteiger partial charge in [0.15, 0.2) is 0 Å². The third-order valence-electron chi connectivity index (χ3n) is 5.04. The van der Waals surface area contributed by atoms with Gasteiger partial charge in [0.25, 0.3) is 11.8 Å². The Hall–Kier alpha value is -4.49. The Morgan fingerprint density at radius 2 is 1.54 bits per heavy atom. The number of carbonyl (C=O) groups excluding carboxylic acids is 3. The molecule has 0 bridgehead atoms. The van der Waals surface area contributed by atoms with E-state index >= 15 is 0 Å². The van der Waals surface area contributed by atoms with Crippen LogP contribution in [0.2, 0.25) is 5.02 Å². The van der Waals surface area contributed by atoms with Gasteiger partial charge in [-0.25, -0.2) is 10.2 Å². The van der Waals surface area contributed by atoms with E-state index in [1.807, 2.05) is 36.4 Å². The smallest absolute Gasteiger partial charge is 0.343 e. The van der Waals surface area contributed by atoms with E-state index in [1.54, 1.807) is 54.6 Å². The summed E-state index contributed by atoms with van der Waals surface area (Å²) in [6.45, 7) is -0.274. The first-order chi connectivity index (χ1) is 17.0. The fourth-order valence-corrected chi connectivity index (χ4v) is 3.43. The molecule has 0 saturated heterocycles. The number of halogens is 1. The Balaban J connectivity index is 1.46. The highest BCUT2D eigenvalue weighted by Crippen LogP contribution is 2.27. The number of nitrogens with one attached hydrogen (secondary N) is 2. The van der Waals surface area contributed by atoms with Crippen molar-refractivity contribution in [3.05, 3.63) is 113 Å². The van der Waals surface area contributed by atoms with E-state index in [0.29, 0.717) is 27.5 Å². The van der Waals surface area contributed by atoms with Crippen molar-refractivity contribution in [1.29, 1.82) is 0 Å². The third-order valence-corrected chi connectivity index (χ3v) is 5.29. The standard InChI is InChI=1S/C27H20ClN3O4/c28-21-13-10-19(11-14-21)26(33)29-17-25(32)31-30-16-23-22-9-5-4-6-18(22)12-15-24(23)35-27(34)20-7-2-1-3-8-20/h1-16H,17H2,(H,29,33)(H,31,32)/b30-16+. The van der Waals surface area contributed by atoms with Crippen LogP contribution >= 0.6 is 11.6 Å². The highest BCUT2D eigenvalue weighted by Gasteiger charge is 2.13. The molecule has 0 radical (unpaired) electrons. The minimum Gasteiger partial charge on any atom is -0.422 e. The van der Waals surface area contributed by atoms with Crippen LogP contribution in [-0.2, 0) is 4.79 Å². The normalized spacial score (nSPS) is 10.8. The second-order valence-electron chi connectivity index (χ2n) is 7.44. The molecule has 0 aromatic heterocycles. The molecule has 0 aliphatic carbocycles. The lowest BCUT2D eigenvalue weighted by Gasteiger charge is -2.10. The van der Waals surface area contributed by atoms with E-state index in [4.69, 9.17) is 16.3 Å². The number of hydrazone groups is 1. The van der Waals surface area contributed by atoms with Gasteiger partial charge in [-0.1, -0.05) is 60.1 Å². The van der Waals surface area contributed by atoms with Crippen molar-refractivity contribution in [1.82, 2.24) is 10.7 Å². The molecule has 4 rings (SSSR count). The van der Waals surface area contributed by atoms with Crippen LogP contribution in [0.1, 0.15) is 26.3 Å². The van der Waals surface area contributed by atoms with Crippen molar-refractivity contribution in [2.24, 2.45) is 5.10 Å². The van der Waals surface area contributed by atoms with Gasteiger partial charge >= 0.3 is 5.97 Å². The number of benzene rings is 4. The van der Waals surface area contributed by atoms with Crippen LogP contribution < -0.4 is 15.5 Å². The maximum Gasteiger partial charge on any atom is 0.343 e. The van der Waals surface area contributed by atoms with Crippen molar-refractivity contribution in [2.75, 3.05) is 6.54 Å². The number of hydrogen-bond donors (Lipinski definition) is 2. The summed E-state index contributed by atoms with van der Waals surface area (Å²) in [7, 11) is 0. The number of amides is 2. The van der Waals surface area contributed by atoms with E-state index in [0.717, 1.165) is 10.8 Å². The van der Waals surface area contributed by atoms with Crippen molar-refractivity contribution in [3.63, 3.8) is 0 Å². The van der Waals surface area contributed by atoms with Gasteiger partial charge in [0.1, 0.15) is 5.75 Å². The summed E-state index contributed by atoms with van der Waals surface area (Å²) in [5.41, 5.74) is 3.70. The second kappa shape index (κ2) is 11.1. The minimum absolute atomic E-state index is 0.274. The molecule has 0 aliphatic rings. The topological polar surface area (TPSA) is 96.9 Å². The molecular weight excluding hydrogens is 466 g/mol. The first-order valence-electron chi connectivity index (χ1n) is 10.7. The minimum atomic E-state index is -0.522. The first-order valence-corrected chi connectivity index (χ1v) is 11.0. The molecule has 0 fully saturated rings. The summed E-state index contributed by atoms with van der Waals surface area (Å²) >= 11 is 5.82. The number of fused-ring (bicyclic) bond motifs is 1. The van der Waals surface area contributed by atoms with Crippen molar-refractivity contribution in [3.8, 4) is 5.75 Å². The summed E-state index contributed by atoms with van der Waals surface area (Å²) in [5.74, 6) is -1.15. The third kappa shape index (κ3) is 6.10. The summed E-state index contributed by atoms with van der Waals surface area (Å²) in [6.07, 6.45) is 1.41. The molecule has 0 atom stereocenters. The van der Waals surface area contributed by atoms with Crippen LogP contribution in [0.15, 0.2) is 96.1 Å². The lowest BCUT2D eigenvalue weighted by Crippen LogP contribution is -2.34. The zero-order chi connectivity index (χ0) is 24.6. The van der Waals surface area contributed by atoms with Crippen LogP contribution in [0.5, 0.6) is 5.75 Å². The number of carbonyl (C=O) groups is 3. The van der Waals surface area contributed by atoms with Gasteiger partial charge in [-0.05, 0) is 53.2 Å². The van der Waals surface area contributed by atoms with Crippen LogP contribution in [0, 0.1) is 0 Å². The molecule has 174 valence electrons. The fraction of sp³-hybridized carbons (Fsp3) is 0.0370. The van der Waals surface area contributed by atoms with E-state index in [1.165, 1.54) is 6.21 Å². The number of hydrogen-bond acceptors (Lipinski definition) is 5. The number of ether oxygens (including phenoxy) is 1. The number of esters is 1. The van der Waals surface area contributed by atoms with E-state index in [-0.39, 0.29) is 6.54 Å². The Kier molecular flexibility index (Phi) is 7.50. The SMILES string of the molecule is O=C(CNC(=O)c1ccc(Cl)cc1)N/N=C/c1c(OC(=O)c2ccccc2)ccc2ccccc12. The second-order valence-corrected chi connectivity index (χ2v) is 7.87. The molecule has 4 aromatic rings. The maximum absolute atomic E-state index is 12.6. The van der Waals surface area contributed by atoms with Gasteiger partial charge in [-0.15, -0.1) is 0 Å². The molecule has 7 nitrogen and oxygen atoms in total. The van der Waals surface area contributed by atoms with Gasteiger partial charge in [0, 0.05) is 16.1 Å². The fourth-order valence-electron chi connectivity index (χ4n) is 3.30. The molecule has 0 heterocycles. The summed E-state index contributed by atoms with van der Waals surface area (Å²) < 4.78 is 5.62. The lowest BCUT2D eigenvalue weighted by molar-refractivity contribution is -0.120. The Labute approximate surface area is 206 Å². The molecule has 4 aromatic carbocycles. The zero-order valence-corrected chi connectivity index (χ0v) is 19.2. The Morgan fingerprint density at radius 3 is 2.31 bits per heavy atom. The molecule has 0 spiro atoms. The van der Waals surface area contributed by atoms with Crippen LogP contribution in [0.4, 0.5) is 0 Å². The highest BCUT2D eigenvalue weighted by atomic mass is 35.5. The van der Waals surface area contributed by atoms with Gasteiger partial charge in [-0.3, -0.25) is 9.59 Å². The average molecular weight is 486 g/mol. The zero-order valence-electron chi connectivity index (χ0n) is 18.4. The van der Waals surface area contributed by atoms with E-state index in [2.05, 4.69) is 15.8 Å². The largest absolute Gasteiger partial charge is 0.422 e. The van der Waals surface area contributed by atoms with Gasteiger partial charge in [-0.2, -0.15) is 5.10 Å². The molecular formula is C27H20ClN3O4. The van der Waals surface area contributed by atoms with Crippen LogP contribution in [0.3, 0.4) is 0 Å². The Morgan fingerprint density at radius 1 is 0.829 bits per heavy atom. The monoisotopic (exact) mass is 485 g/mol. The quantitative estimate of drug-likeness (QED) is 0.173. The highest BCUT2D eigenvalue weighted by molar-refractivity contribution is 6.30. The van der Waals surface area contributed by atoms with Crippen LogP contribution in [-0.4, -0.2) is 30.5 Å². The molecule has 0 unspecified atom stereocenters. The lowest BCUT2D eigenvalue weighted by atomic mass is 10.0. The van der Waals surface area contributed by atoms with Gasteiger partial charge < -0.3 is 10.1 Å². The average Bonchev–Trinajstić information content (AvgIpc) is 2.89. The van der Waals surface area contributed by atoms with E-state index < -0.39 is 17.8 Å².